The van der Waals surface area contributed by atoms with Crippen LogP contribution in [0.3, 0.4) is 0 Å². The number of Topliss-reactive ketones (excluding diaryl/α,β-unsaturated/α-hetero) is 1. The molecule has 0 heterocycles. The molecule has 0 aromatic carbocycles. The number of hydrogen-bond donors (Lipinski definition) is 4. The SMILES string of the molecule is CC(C)(C)OC(=O)NC(=NCCC[C@H](NC(=O)OC(C)(C)C)C(=O)CCCCCCCN)NC(=O)OC(C)(C)C. The molecule has 1 atom stereocenters. The summed E-state index contributed by atoms with van der Waals surface area (Å²) in [4.78, 5) is 54.1. The lowest BCUT2D eigenvalue weighted by atomic mass is 10.0. The highest BCUT2D eigenvalue weighted by atomic mass is 16.6. The number of carbonyl (C=O) groups is 4. The van der Waals surface area contributed by atoms with Gasteiger partial charge in [-0.25, -0.2) is 14.4 Å². The van der Waals surface area contributed by atoms with Crippen LogP contribution in [0.2, 0.25) is 0 Å². The summed E-state index contributed by atoms with van der Waals surface area (Å²) in [7, 11) is 0. The fourth-order valence-electron chi connectivity index (χ4n) is 3.31. The van der Waals surface area contributed by atoms with E-state index in [1.165, 1.54) is 0 Å². The van der Waals surface area contributed by atoms with Crippen LogP contribution < -0.4 is 21.7 Å². The Kier molecular flexibility index (Phi) is 16.4. The molecule has 3 amide bonds. The van der Waals surface area contributed by atoms with Crippen molar-refractivity contribution < 1.29 is 33.4 Å². The summed E-state index contributed by atoms with van der Waals surface area (Å²) in [6, 6.07) is -0.754. The topological polar surface area (TPSA) is 170 Å². The number of nitrogens with two attached hydrogens (primary N) is 1. The molecule has 0 saturated carbocycles. The molecule has 0 radical (unpaired) electrons. The van der Waals surface area contributed by atoms with Crippen molar-refractivity contribution in [3.05, 3.63) is 0 Å². The molecule has 0 rings (SSSR count). The van der Waals surface area contributed by atoms with Gasteiger partial charge < -0.3 is 25.3 Å². The van der Waals surface area contributed by atoms with Crippen LogP contribution >= 0.6 is 0 Å². The predicted octanol–water partition coefficient (Wildman–Crippen LogP) is 4.93. The van der Waals surface area contributed by atoms with Gasteiger partial charge in [-0.2, -0.15) is 0 Å². The van der Waals surface area contributed by atoms with Crippen molar-refractivity contribution in [1.82, 2.24) is 16.0 Å². The van der Waals surface area contributed by atoms with Crippen LogP contribution in [0.5, 0.6) is 0 Å². The average Bonchev–Trinajstić information content (AvgIpc) is 2.73. The zero-order valence-corrected chi connectivity index (χ0v) is 26.0. The monoisotopic (exact) mass is 571 g/mol. The number of nitrogens with one attached hydrogen (secondary N) is 3. The maximum absolute atomic E-state index is 12.9. The summed E-state index contributed by atoms with van der Waals surface area (Å²) in [5.74, 6) is -0.239. The zero-order valence-electron chi connectivity index (χ0n) is 26.0. The van der Waals surface area contributed by atoms with Crippen LogP contribution in [-0.2, 0) is 19.0 Å². The minimum absolute atomic E-state index is 0.0901. The van der Waals surface area contributed by atoms with Gasteiger partial charge in [-0.05, 0) is 94.5 Å². The number of aliphatic imine (C=N–C) groups is 1. The number of carbonyl (C=O) groups excluding carboxylic acids is 4. The number of rotatable bonds is 13. The van der Waals surface area contributed by atoms with E-state index in [9.17, 15) is 19.2 Å². The summed E-state index contributed by atoms with van der Waals surface area (Å²) in [5, 5.41) is 7.52. The minimum Gasteiger partial charge on any atom is -0.444 e. The van der Waals surface area contributed by atoms with E-state index in [0.717, 1.165) is 32.1 Å². The van der Waals surface area contributed by atoms with Crippen molar-refractivity contribution in [2.24, 2.45) is 10.7 Å². The van der Waals surface area contributed by atoms with E-state index in [2.05, 4.69) is 20.9 Å². The van der Waals surface area contributed by atoms with E-state index in [-0.39, 0.29) is 18.3 Å². The van der Waals surface area contributed by atoms with E-state index in [1.807, 2.05) is 0 Å². The second kappa shape index (κ2) is 17.7. The second-order valence-corrected chi connectivity index (χ2v) is 12.6. The number of alkyl carbamates (subject to hydrolysis) is 3. The molecule has 40 heavy (non-hydrogen) atoms. The molecule has 0 aliphatic rings. The summed E-state index contributed by atoms with van der Waals surface area (Å²) in [6.45, 7) is 16.3. The van der Waals surface area contributed by atoms with Gasteiger partial charge in [0.1, 0.15) is 16.8 Å². The number of ketones is 1. The van der Waals surface area contributed by atoms with Crippen molar-refractivity contribution >= 4 is 30.0 Å². The smallest absolute Gasteiger partial charge is 0.414 e. The molecule has 0 aromatic rings. The lowest BCUT2D eigenvalue weighted by molar-refractivity contribution is -0.121. The summed E-state index contributed by atoms with van der Waals surface area (Å²) < 4.78 is 15.8. The van der Waals surface area contributed by atoms with E-state index in [1.54, 1.807) is 62.3 Å². The molecule has 12 nitrogen and oxygen atoms in total. The van der Waals surface area contributed by atoms with Crippen molar-refractivity contribution in [2.45, 2.75) is 137 Å². The van der Waals surface area contributed by atoms with Crippen molar-refractivity contribution in [2.75, 3.05) is 13.1 Å². The van der Waals surface area contributed by atoms with E-state index in [0.29, 0.717) is 25.8 Å². The third kappa shape index (κ3) is 22.0. The Morgan fingerprint density at radius 2 is 1.12 bits per heavy atom. The Morgan fingerprint density at radius 1 is 0.675 bits per heavy atom. The average molecular weight is 572 g/mol. The number of hydrogen-bond acceptors (Lipinski definition) is 9. The highest BCUT2D eigenvalue weighted by Crippen LogP contribution is 2.12. The number of unbranched alkanes of at least 4 members (excludes halogenated alkanes) is 4. The quantitative estimate of drug-likeness (QED) is 0.104. The van der Waals surface area contributed by atoms with Crippen molar-refractivity contribution in [1.29, 1.82) is 0 Å². The fraction of sp³-hybridized carbons (Fsp3) is 0.821. The number of guanidine groups is 1. The Morgan fingerprint density at radius 3 is 1.60 bits per heavy atom. The summed E-state index contributed by atoms with van der Waals surface area (Å²) in [6.07, 6.45) is 3.35. The Labute approximate surface area is 239 Å². The van der Waals surface area contributed by atoms with Gasteiger partial charge in [0.15, 0.2) is 5.78 Å². The predicted molar refractivity (Wildman–Crippen MR) is 155 cm³/mol. The molecular weight excluding hydrogens is 518 g/mol. The Bertz CT molecular complexity index is 807. The third-order valence-electron chi connectivity index (χ3n) is 4.87. The number of nitrogens with zero attached hydrogens (tertiary/aromatic N) is 1. The largest absolute Gasteiger partial charge is 0.444 e. The molecule has 5 N–H and O–H groups in total. The Balaban J connectivity index is 5.33. The minimum atomic E-state index is -0.798. The Hall–Kier alpha value is -2.89. The van der Waals surface area contributed by atoms with Crippen LogP contribution in [0.15, 0.2) is 4.99 Å². The molecule has 0 aliphatic carbocycles. The third-order valence-corrected chi connectivity index (χ3v) is 4.87. The molecule has 0 spiro atoms. The van der Waals surface area contributed by atoms with Crippen LogP contribution in [0, 0.1) is 0 Å². The van der Waals surface area contributed by atoms with E-state index >= 15 is 0 Å². The standard InChI is InChI=1S/C28H53N5O7/c1-26(2,3)38-23(35)31-20(21(34)17-13-11-10-12-14-18-29)16-15-19-30-22(32-24(36)39-27(4,5)6)33-25(37)40-28(7,8)9/h20H,10-19,29H2,1-9H3,(H,31,35)(H2,30,32,33,36,37)/t20-/m0/s1. The van der Waals surface area contributed by atoms with E-state index < -0.39 is 41.1 Å². The van der Waals surface area contributed by atoms with Gasteiger partial charge in [0.25, 0.3) is 0 Å². The summed E-state index contributed by atoms with van der Waals surface area (Å²) >= 11 is 0. The lowest BCUT2D eigenvalue weighted by Crippen LogP contribution is -2.47. The molecule has 0 aliphatic heterocycles. The fourth-order valence-corrected chi connectivity index (χ4v) is 3.31. The van der Waals surface area contributed by atoms with Crippen LogP contribution in [0.25, 0.3) is 0 Å². The van der Waals surface area contributed by atoms with Gasteiger partial charge in [-0.3, -0.25) is 20.4 Å². The van der Waals surface area contributed by atoms with E-state index in [4.69, 9.17) is 19.9 Å². The number of amides is 3. The molecule has 0 fully saturated rings. The molecule has 0 bridgehead atoms. The molecule has 0 aromatic heterocycles. The van der Waals surface area contributed by atoms with Gasteiger partial charge in [-0.1, -0.05) is 19.3 Å². The molecular formula is C28H53N5O7. The van der Waals surface area contributed by atoms with Crippen LogP contribution in [0.4, 0.5) is 14.4 Å². The normalized spacial score (nSPS) is 12.6. The zero-order chi connectivity index (χ0) is 31.0. The lowest BCUT2D eigenvalue weighted by Gasteiger charge is -2.23. The number of ether oxygens (including phenoxy) is 3. The molecule has 232 valence electrons. The van der Waals surface area contributed by atoms with Crippen molar-refractivity contribution in [3.63, 3.8) is 0 Å². The molecule has 0 saturated heterocycles. The maximum Gasteiger partial charge on any atom is 0.414 e. The van der Waals surface area contributed by atoms with Crippen LogP contribution in [0.1, 0.15) is 114 Å². The molecule has 0 unspecified atom stereocenters. The first kappa shape index (κ1) is 37.1. The van der Waals surface area contributed by atoms with Gasteiger partial charge in [0, 0.05) is 13.0 Å². The van der Waals surface area contributed by atoms with Gasteiger partial charge in [0.05, 0.1) is 6.04 Å². The highest BCUT2D eigenvalue weighted by molar-refractivity contribution is 6.01. The van der Waals surface area contributed by atoms with Gasteiger partial charge in [-0.15, -0.1) is 0 Å². The summed E-state index contributed by atoms with van der Waals surface area (Å²) in [5.41, 5.74) is 3.30. The van der Waals surface area contributed by atoms with Crippen molar-refractivity contribution in [3.8, 4) is 0 Å². The maximum atomic E-state index is 12.9. The van der Waals surface area contributed by atoms with Gasteiger partial charge >= 0.3 is 18.3 Å². The first-order valence-electron chi connectivity index (χ1n) is 14.1. The highest BCUT2D eigenvalue weighted by Gasteiger charge is 2.24. The first-order valence-corrected chi connectivity index (χ1v) is 14.1. The van der Waals surface area contributed by atoms with Crippen LogP contribution in [-0.4, -0.2) is 66.0 Å². The van der Waals surface area contributed by atoms with Gasteiger partial charge in [0.2, 0.25) is 5.96 Å². The molecule has 12 heteroatoms. The second-order valence-electron chi connectivity index (χ2n) is 12.6. The first-order chi connectivity index (χ1) is 18.3.